The van der Waals surface area contributed by atoms with E-state index in [2.05, 4.69) is 33.0 Å². The van der Waals surface area contributed by atoms with Crippen molar-refractivity contribution >= 4 is 11.3 Å². The average Bonchev–Trinajstić information content (AvgIpc) is 2.70. The maximum Gasteiger partial charge on any atom is 0.119 e. The predicted octanol–water partition coefficient (Wildman–Crippen LogP) is 3.52. The van der Waals surface area contributed by atoms with E-state index in [9.17, 15) is 0 Å². The Morgan fingerprint density at radius 3 is 2.67 bits per heavy atom. The number of aromatic nitrogens is 1. The number of thiazole rings is 1. The molecule has 1 heterocycles. The summed E-state index contributed by atoms with van der Waals surface area (Å²) in [5, 5.41) is 4.59. The van der Waals surface area contributed by atoms with Gasteiger partial charge >= 0.3 is 0 Å². The molecule has 0 saturated heterocycles. The highest BCUT2D eigenvalue weighted by molar-refractivity contribution is 7.11. The molecule has 3 nitrogen and oxygen atoms in total. The lowest BCUT2D eigenvalue weighted by atomic mass is 10.2. The third kappa shape index (κ3) is 5.46. The molecule has 0 aliphatic carbocycles. The van der Waals surface area contributed by atoms with Gasteiger partial charge in [0.1, 0.15) is 5.01 Å². The molecular weight excluding hydrogens is 244 g/mol. The molecule has 0 unspecified atom stereocenters. The van der Waals surface area contributed by atoms with E-state index in [-0.39, 0.29) is 0 Å². The summed E-state index contributed by atoms with van der Waals surface area (Å²) in [4.78, 5) is 6.08. The van der Waals surface area contributed by atoms with Crippen LogP contribution in [-0.2, 0) is 24.3 Å². The first-order valence-corrected chi connectivity index (χ1v) is 7.77. The lowest BCUT2D eigenvalue weighted by Gasteiger charge is -2.07. The number of rotatable bonds is 9. The highest BCUT2D eigenvalue weighted by Gasteiger charge is 2.10. The van der Waals surface area contributed by atoms with Gasteiger partial charge in [-0.15, -0.1) is 11.3 Å². The van der Waals surface area contributed by atoms with Gasteiger partial charge in [-0.3, -0.25) is 0 Å². The van der Waals surface area contributed by atoms with Crippen LogP contribution < -0.4 is 5.32 Å². The van der Waals surface area contributed by atoms with Crippen molar-refractivity contribution in [3.8, 4) is 0 Å². The van der Waals surface area contributed by atoms with Gasteiger partial charge in [-0.2, -0.15) is 0 Å². The van der Waals surface area contributed by atoms with Crippen LogP contribution in [0.5, 0.6) is 0 Å². The zero-order valence-electron chi connectivity index (χ0n) is 12.1. The van der Waals surface area contributed by atoms with Crippen molar-refractivity contribution in [2.75, 3.05) is 6.61 Å². The largest absolute Gasteiger partial charge is 0.374 e. The first-order chi connectivity index (χ1) is 8.67. The van der Waals surface area contributed by atoms with Crippen LogP contribution in [0.2, 0.25) is 0 Å². The second kappa shape index (κ2) is 8.62. The fourth-order valence-corrected chi connectivity index (χ4v) is 2.67. The van der Waals surface area contributed by atoms with Gasteiger partial charge in [-0.25, -0.2) is 4.98 Å². The highest BCUT2D eigenvalue weighted by atomic mass is 32.1. The number of aryl methyl sites for hydroxylation is 1. The van der Waals surface area contributed by atoms with Crippen molar-refractivity contribution in [3.05, 3.63) is 15.6 Å². The third-order valence-electron chi connectivity index (χ3n) is 2.55. The Kier molecular flexibility index (Phi) is 7.47. The number of hydrogen-bond acceptors (Lipinski definition) is 4. The smallest absolute Gasteiger partial charge is 0.119 e. The fourth-order valence-electron chi connectivity index (χ4n) is 1.67. The molecule has 0 amide bonds. The number of ether oxygens (including phenoxy) is 1. The van der Waals surface area contributed by atoms with E-state index in [4.69, 9.17) is 9.72 Å². The van der Waals surface area contributed by atoms with E-state index >= 15 is 0 Å². The van der Waals surface area contributed by atoms with E-state index in [1.807, 2.05) is 0 Å². The van der Waals surface area contributed by atoms with Crippen LogP contribution in [-0.4, -0.2) is 17.6 Å². The SMILES string of the molecule is CCCOCc1nc(CCC)c(CNC(C)C)s1. The van der Waals surface area contributed by atoms with E-state index in [1.165, 1.54) is 10.6 Å². The fraction of sp³-hybridized carbons (Fsp3) is 0.786. The zero-order chi connectivity index (χ0) is 13.4. The molecule has 1 N–H and O–H groups in total. The van der Waals surface area contributed by atoms with Crippen LogP contribution in [0.1, 0.15) is 56.1 Å². The van der Waals surface area contributed by atoms with E-state index in [1.54, 1.807) is 11.3 Å². The Balaban J connectivity index is 2.61. The van der Waals surface area contributed by atoms with Gasteiger partial charge in [-0.05, 0) is 12.8 Å². The lowest BCUT2D eigenvalue weighted by Crippen LogP contribution is -2.21. The van der Waals surface area contributed by atoms with Crippen molar-refractivity contribution in [2.45, 2.75) is 66.2 Å². The molecule has 0 spiro atoms. The van der Waals surface area contributed by atoms with Crippen molar-refractivity contribution in [1.82, 2.24) is 10.3 Å². The van der Waals surface area contributed by atoms with Crippen LogP contribution in [0.25, 0.3) is 0 Å². The van der Waals surface area contributed by atoms with Gasteiger partial charge in [0.05, 0.1) is 12.3 Å². The normalized spacial score (nSPS) is 11.4. The van der Waals surface area contributed by atoms with Gasteiger partial charge in [0.25, 0.3) is 0 Å². The van der Waals surface area contributed by atoms with Crippen molar-refractivity contribution in [2.24, 2.45) is 0 Å². The van der Waals surface area contributed by atoms with Gasteiger partial charge in [0, 0.05) is 24.1 Å². The molecule has 0 aromatic carbocycles. The Bertz CT molecular complexity index is 337. The van der Waals surface area contributed by atoms with Crippen LogP contribution in [0.3, 0.4) is 0 Å². The van der Waals surface area contributed by atoms with Gasteiger partial charge in [0.2, 0.25) is 0 Å². The molecule has 1 aromatic heterocycles. The Hall–Kier alpha value is -0.450. The van der Waals surface area contributed by atoms with Crippen LogP contribution in [0, 0.1) is 0 Å². The molecule has 0 fully saturated rings. The quantitative estimate of drug-likeness (QED) is 0.697. The molecule has 1 rings (SSSR count). The summed E-state index contributed by atoms with van der Waals surface area (Å²) >= 11 is 1.79. The highest BCUT2D eigenvalue weighted by Crippen LogP contribution is 2.21. The molecule has 4 heteroatoms. The average molecular weight is 270 g/mol. The molecule has 0 bridgehead atoms. The summed E-state index contributed by atoms with van der Waals surface area (Å²) in [7, 11) is 0. The first kappa shape index (κ1) is 15.6. The Morgan fingerprint density at radius 1 is 1.28 bits per heavy atom. The summed E-state index contributed by atoms with van der Waals surface area (Å²) in [5.41, 5.74) is 1.26. The van der Waals surface area contributed by atoms with Crippen molar-refractivity contribution in [1.29, 1.82) is 0 Å². The summed E-state index contributed by atoms with van der Waals surface area (Å²) < 4.78 is 5.57. The van der Waals surface area contributed by atoms with E-state index in [0.717, 1.165) is 37.4 Å². The monoisotopic (exact) mass is 270 g/mol. The first-order valence-electron chi connectivity index (χ1n) is 6.95. The molecule has 104 valence electrons. The van der Waals surface area contributed by atoms with Crippen molar-refractivity contribution in [3.63, 3.8) is 0 Å². The molecule has 0 aliphatic rings. The predicted molar refractivity (Wildman–Crippen MR) is 78.0 cm³/mol. The standard InChI is InChI=1S/C14H26N2OS/c1-5-7-12-13(9-15-11(3)4)18-14(16-12)10-17-8-6-2/h11,15H,5-10H2,1-4H3. The van der Waals surface area contributed by atoms with Crippen LogP contribution >= 0.6 is 11.3 Å². The number of nitrogens with zero attached hydrogens (tertiary/aromatic N) is 1. The molecule has 0 radical (unpaired) electrons. The summed E-state index contributed by atoms with van der Waals surface area (Å²) in [6, 6.07) is 0.515. The second-order valence-corrected chi connectivity index (χ2v) is 5.98. The second-order valence-electron chi connectivity index (χ2n) is 4.82. The van der Waals surface area contributed by atoms with Gasteiger partial charge in [0.15, 0.2) is 0 Å². The molecule has 18 heavy (non-hydrogen) atoms. The third-order valence-corrected chi connectivity index (χ3v) is 3.63. The Morgan fingerprint density at radius 2 is 2.06 bits per heavy atom. The van der Waals surface area contributed by atoms with E-state index < -0.39 is 0 Å². The minimum Gasteiger partial charge on any atom is -0.374 e. The number of hydrogen-bond donors (Lipinski definition) is 1. The molecule has 0 atom stereocenters. The summed E-state index contributed by atoms with van der Waals surface area (Å²) in [6.07, 6.45) is 3.28. The Labute approximate surface area is 115 Å². The lowest BCUT2D eigenvalue weighted by molar-refractivity contribution is 0.121. The van der Waals surface area contributed by atoms with Crippen molar-refractivity contribution < 1.29 is 4.74 Å². The van der Waals surface area contributed by atoms with Gasteiger partial charge in [-0.1, -0.05) is 34.1 Å². The van der Waals surface area contributed by atoms with Gasteiger partial charge < -0.3 is 10.1 Å². The molecule has 0 saturated carbocycles. The molecular formula is C14H26N2OS. The van der Waals surface area contributed by atoms with Crippen LogP contribution in [0.15, 0.2) is 0 Å². The maximum absolute atomic E-state index is 5.57. The summed E-state index contributed by atoms with van der Waals surface area (Å²) in [5.74, 6) is 0. The molecule has 0 aliphatic heterocycles. The van der Waals surface area contributed by atoms with Crippen LogP contribution in [0.4, 0.5) is 0 Å². The van der Waals surface area contributed by atoms with E-state index in [0.29, 0.717) is 12.6 Å². The number of nitrogens with one attached hydrogen (secondary N) is 1. The summed E-state index contributed by atoms with van der Waals surface area (Å²) in [6.45, 7) is 11.1. The molecule has 1 aromatic rings. The minimum atomic E-state index is 0.515. The topological polar surface area (TPSA) is 34.1 Å². The minimum absolute atomic E-state index is 0.515. The zero-order valence-corrected chi connectivity index (χ0v) is 12.9. The maximum atomic E-state index is 5.57.